The smallest absolute Gasteiger partial charge is 0.123 e. The molecule has 0 saturated heterocycles. The van der Waals surface area contributed by atoms with Crippen molar-refractivity contribution in [3.8, 4) is 0 Å². The molecule has 1 aliphatic carbocycles. The molecule has 0 aliphatic heterocycles. The van der Waals surface area contributed by atoms with E-state index >= 15 is 0 Å². The van der Waals surface area contributed by atoms with Crippen molar-refractivity contribution in [1.82, 2.24) is 0 Å². The maximum Gasteiger partial charge on any atom is 0.123 e. The molecule has 0 bridgehead atoms. The molecule has 0 spiro atoms. The van der Waals surface area contributed by atoms with Gasteiger partial charge in [-0.2, -0.15) is 0 Å². The summed E-state index contributed by atoms with van der Waals surface area (Å²) in [6.07, 6.45) is 5.01. The van der Waals surface area contributed by atoms with Crippen LogP contribution in [-0.2, 0) is 6.42 Å². The molecule has 0 aromatic heterocycles. The highest BCUT2D eigenvalue weighted by molar-refractivity contribution is 6.22. The van der Waals surface area contributed by atoms with Crippen LogP contribution in [0.1, 0.15) is 24.0 Å². The lowest BCUT2D eigenvalue weighted by atomic mass is 10.0. The maximum absolute atomic E-state index is 13.1. The third-order valence-corrected chi connectivity index (χ3v) is 3.23. The van der Waals surface area contributed by atoms with Crippen LogP contribution in [0.25, 0.3) is 0 Å². The first-order valence-electron chi connectivity index (χ1n) is 5.24. The van der Waals surface area contributed by atoms with Crippen LogP contribution in [0.3, 0.4) is 0 Å². The predicted molar refractivity (Wildman–Crippen MR) is 61.8 cm³/mol. The van der Waals surface area contributed by atoms with E-state index in [1.165, 1.54) is 11.6 Å². The molecule has 1 aliphatic rings. The van der Waals surface area contributed by atoms with E-state index in [2.05, 4.69) is 6.08 Å². The van der Waals surface area contributed by atoms with Gasteiger partial charge in [-0.3, -0.25) is 0 Å². The standard InChI is InChI=1S/C13H14ClF/c1-9-2-5-13(15)8-11(9)6-10-3-4-12(14)7-10/h2,5,7-8,12H,3-4,6H2,1H3. The zero-order chi connectivity index (χ0) is 10.8. The number of aryl methyl sites for hydroxylation is 1. The fourth-order valence-electron chi connectivity index (χ4n) is 1.97. The summed E-state index contributed by atoms with van der Waals surface area (Å²) in [7, 11) is 0. The van der Waals surface area contributed by atoms with Gasteiger partial charge in [-0.25, -0.2) is 4.39 Å². The quantitative estimate of drug-likeness (QED) is 0.526. The first-order chi connectivity index (χ1) is 7.15. The van der Waals surface area contributed by atoms with Gasteiger partial charge in [0.05, 0.1) is 5.38 Å². The molecular formula is C13H14ClF. The monoisotopic (exact) mass is 224 g/mol. The molecule has 2 heteroatoms. The maximum atomic E-state index is 13.1. The van der Waals surface area contributed by atoms with Crippen molar-refractivity contribution in [2.24, 2.45) is 0 Å². The molecule has 1 aromatic rings. The molecule has 0 radical (unpaired) electrons. The van der Waals surface area contributed by atoms with Gasteiger partial charge in [-0.1, -0.05) is 17.7 Å². The van der Waals surface area contributed by atoms with Crippen LogP contribution in [0, 0.1) is 12.7 Å². The summed E-state index contributed by atoms with van der Waals surface area (Å²) in [4.78, 5) is 0. The van der Waals surface area contributed by atoms with Gasteiger partial charge in [0.25, 0.3) is 0 Å². The molecule has 1 aromatic carbocycles. The fourth-order valence-corrected chi connectivity index (χ4v) is 2.26. The van der Waals surface area contributed by atoms with E-state index in [0.29, 0.717) is 0 Å². The van der Waals surface area contributed by atoms with E-state index in [1.807, 2.05) is 13.0 Å². The summed E-state index contributed by atoms with van der Waals surface area (Å²) in [6, 6.07) is 4.96. The minimum atomic E-state index is -0.156. The largest absolute Gasteiger partial charge is 0.207 e. The molecule has 0 N–H and O–H groups in total. The zero-order valence-electron chi connectivity index (χ0n) is 8.76. The van der Waals surface area contributed by atoms with Crippen LogP contribution in [0.15, 0.2) is 29.8 Å². The van der Waals surface area contributed by atoms with Crippen LogP contribution in [-0.4, -0.2) is 5.38 Å². The molecule has 0 nitrogen and oxygen atoms in total. The van der Waals surface area contributed by atoms with E-state index in [4.69, 9.17) is 11.6 Å². The van der Waals surface area contributed by atoms with E-state index in [0.717, 1.165) is 30.4 Å². The number of hydrogen-bond donors (Lipinski definition) is 0. The van der Waals surface area contributed by atoms with Gasteiger partial charge >= 0.3 is 0 Å². The minimum absolute atomic E-state index is 0.156. The molecule has 0 saturated carbocycles. The van der Waals surface area contributed by atoms with E-state index in [-0.39, 0.29) is 11.2 Å². The molecule has 0 amide bonds. The lowest BCUT2D eigenvalue weighted by Crippen LogP contribution is -1.93. The number of halogens is 2. The molecule has 2 rings (SSSR count). The van der Waals surface area contributed by atoms with Crippen LogP contribution in [0.2, 0.25) is 0 Å². The Kier molecular flexibility index (Phi) is 3.11. The number of hydrogen-bond acceptors (Lipinski definition) is 0. The van der Waals surface area contributed by atoms with Crippen molar-refractivity contribution in [2.75, 3.05) is 0 Å². The van der Waals surface area contributed by atoms with Crippen LogP contribution < -0.4 is 0 Å². The second-order valence-corrected chi connectivity index (χ2v) is 4.69. The van der Waals surface area contributed by atoms with Crippen molar-refractivity contribution in [1.29, 1.82) is 0 Å². The van der Waals surface area contributed by atoms with Crippen LogP contribution >= 0.6 is 11.6 Å². The van der Waals surface area contributed by atoms with Gasteiger partial charge in [0, 0.05) is 0 Å². The van der Waals surface area contributed by atoms with Gasteiger partial charge in [0.15, 0.2) is 0 Å². The molecule has 1 unspecified atom stereocenters. The number of alkyl halides is 1. The zero-order valence-corrected chi connectivity index (χ0v) is 9.52. The number of benzene rings is 1. The van der Waals surface area contributed by atoms with Crippen molar-refractivity contribution in [3.63, 3.8) is 0 Å². The Morgan fingerprint density at radius 2 is 2.27 bits per heavy atom. The summed E-state index contributed by atoms with van der Waals surface area (Å²) in [6.45, 7) is 2.02. The Labute approximate surface area is 94.8 Å². The third kappa shape index (κ3) is 2.60. The van der Waals surface area contributed by atoms with Crippen molar-refractivity contribution in [2.45, 2.75) is 31.6 Å². The second kappa shape index (κ2) is 4.36. The summed E-state index contributed by atoms with van der Waals surface area (Å²) in [5.41, 5.74) is 3.56. The fraction of sp³-hybridized carbons (Fsp3) is 0.385. The van der Waals surface area contributed by atoms with Gasteiger partial charge in [0.1, 0.15) is 5.82 Å². The van der Waals surface area contributed by atoms with Gasteiger partial charge in [-0.05, 0) is 49.4 Å². The molecule has 0 fully saturated rings. The highest BCUT2D eigenvalue weighted by Crippen LogP contribution is 2.26. The first-order valence-corrected chi connectivity index (χ1v) is 5.67. The van der Waals surface area contributed by atoms with Gasteiger partial charge < -0.3 is 0 Å². The molecule has 0 heterocycles. The number of rotatable bonds is 2. The molecule has 1 atom stereocenters. The Balaban J connectivity index is 2.17. The molecule has 80 valence electrons. The minimum Gasteiger partial charge on any atom is -0.207 e. The van der Waals surface area contributed by atoms with Crippen molar-refractivity contribution >= 4 is 11.6 Å². The van der Waals surface area contributed by atoms with Crippen LogP contribution in [0.5, 0.6) is 0 Å². The Morgan fingerprint density at radius 3 is 2.93 bits per heavy atom. The highest BCUT2D eigenvalue weighted by atomic mass is 35.5. The third-order valence-electron chi connectivity index (χ3n) is 2.89. The lowest BCUT2D eigenvalue weighted by Gasteiger charge is -2.06. The highest BCUT2D eigenvalue weighted by Gasteiger charge is 2.14. The van der Waals surface area contributed by atoms with Crippen LogP contribution in [0.4, 0.5) is 4.39 Å². The van der Waals surface area contributed by atoms with Gasteiger partial charge in [0.2, 0.25) is 0 Å². The lowest BCUT2D eigenvalue weighted by molar-refractivity contribution is 0.625. The molecular weight excluding hydrogens is 211 g/mol. The predicted octanol–water partition coefficient (Wildman–Crippen LogP) is 4.00. The summed E-state index contributed by atoms with van der Waals surface area (Å²) in [5, 5.41) is 0.175. The van der Waals surface area contributed by atoms with Crippen molar-refractivity contribution in [3.05, 3.63) is 46.8 Å². The normalized spacial score (nSPS) is 20.5. The Bertz CT molecular complexity index is 396. The summed E-state index contributed by atoms with van der Waals surface area (Å²) >= 11 is 5.99. The average Bonchev–Trinajstić information content (AvgIpc) is 2.58. The SMILES string of the molecule is Cc1ccc(F)cc1CC1=CC(Cl)CC1. The number of allylic oxidation sites excluding steroid dienone is 2. The van der Waals surface area contributed by atoms with Gasteiger partial charge in [-0.15, -0.1) is 11.6 Å². The topological polar surface area (TPSA) is 0 Å². The summed E-state index contributed by atoms with van der Waals surface area (Å²) in [5.74, 6) is -0.156. The first kappa shape index (κ1) is 10.7. The Morgan fingerprint density at radius 1 is 1.47 bits per heavy atom. The van der Waals surface area contributed by atoms with E-state index < -0.39 is 0 Å². The van der Waals surface area contributed by atoms with E-state index in [1.54, 1.807) is 6.07 Å². The molecule has 15 heavy (non-hydrogen) atoms. The average molecular weight is 225 g/mol. The Hall–Kier alpha value is -0.820. The second-order valence-electron chi connectivity index (χ2n) is 4.13. The summed E-state index contributed by atoms with van der Waals surface area (Å²) < 4.78 is 13.1. The van der Waals surface area contributed by atoms with Crippen molar-refractivity contribution < 1.29 is 4.39 Å². The van der Waals surface area contributed by atoms with E-state index in [9.17, 15) is 4.39 Å².